The van der Waals surface area contributed by atoms with E-state index in [2.05, 4.69) is 0 Å². The van der Waals surface area contributed by atoms with Crippen LogP contribution in [-0.4, -0.2) is 6.61 Å². The van der Waals surface area contributed by atoms with Crippen molar-refractivity contribution in [1.82, 2.24) is 0 Å². The van der Waals surface area contributed by atoms with Crippen molar-refractivity contribution in [3.63, 3.8) is 0 Å². The fourth-order valence-electron chi connectivity index (χ4n) is 1.70. The second kappa shape index (κ2) is 6.33. The average Bonchev–Trinajstić information content (AvgIpc) is 2.79. The highest BCUT2D eigenvalue weighted by molar-refractivity contribution is 7.16. The number of rotatable bonds is 4. The maximum Gasteiger partial charge on any atom is 0.139 e. The van der Waals surface area contributed by atoms with Gasteiger partial charge in [0.05, 0.1) is 22.0 Å². The normalized spacial score (nSPS) is 12.5. The Bertz CT molecular complexity index is 585. The lowest BCUT2D eigenvalue weighted by Crippen LogP contribution is -2.11. The molecule has 102 valence electrons. The van der Waals surface area contributed by atoms with Gasteiger partial charge in [0.1, 0.15) is 5.75 Å². The van der Waals surface area contributed by atoms with Crippen LogP contribution in [-0.2, 0) is 0 Å². The first-order valence-electron chi connectivity index (χ1n) is 5.65. The van der Waals surface area contributed by atoms with Gasteiger partial charge in [-0.15, -0.1) is 11.3 Å². The molecule has 0 aliphatic heterocycles. The molecule has 0 saturated heterocycles. The zero-order valence-corrected chi connectivity index (χ0v) is 13.2. The number of hydrogen-bond donors (Lipinski definition) is 1. The van der Waals surface area contributed by atoms with Gasteiger partial charge in [0.2, 0.25) is 0 Å². The van der Waals surface area contributed by atoms with Crippen LogP contribution in [0.2, 0.25) is 14.4 Å². The lowest BCUT2D eigenvalue weighted by Gasteiger charge is -2.15. The van der Waals surface area contributed by atoms with E-state index < -0.39 is 0 Å². The van der Waals surface area contributed by atoms with E-state index in [4.69, 9.17) is 45.3 Å². The number of halogens is 3. The van der Waals surface area contributed by atoms with Crippen LogP contribution < -0.4 is 10.5 Å². The van der Waals surface area contributed by atoms with Gasteiger partial charge in [-0.25, -0.2) is 0 Å². The van der Waals surface area contributed by atoms with Crippen molar-refractivity contribution in [2.24, 2.45) is 5.73 Å². The molecule has 0 radical (unpaired) electrons. The Morgan fingerprint density at radius 3 is 2.53 bits per heavy atom. The smallest absolute Gasteiger partial charge is 0.139 e. The van der Waals surface area contributed by atoms with E-state index in [0.717, 1.165) is 10.4 Å². The van der Waals surface area contributed by atoms with Crippen LogP contribution in [0.1, 0.15) is 23.4 Å². The number of benzene rings is 1. The summed E-state index contributed by atoms with van der Waals surface area (Å²) in [6, 6.07) is 6.78. The molecule has 19 heavy (non-hydrogen) atoms. The Labute approximate surface area is 131 Å². The predicted octanol–water partition coefficient (Wildman–Crippen LogP) is 5.16. The molecule has 1 aromatic carbocycles. The molecule has 1 atom stereocenters. The van der Waals surface area contributed by atoms with Gasteiger partial charge in [-0.3, -0.25) is 0 Å². The molecular formula is C13H12Cl3NOS. The predicted molar refractivity (Wildman–Crippen MR) is 83.0 cm³/mol. The molecule has 1 aromatic heterocycles. The summed E-state index contributed by atoms with van der Waals surface area (Å²) in [5.41, 5.74) is 6.95. The number of ether oxygens (including phenoxy) is 1. The van der Waals surface area contributed by atoms with Crippen molar-refractivity contribution in [2.45, 2.75) is 13.0 Å². The van der Waals surface area contributed by atoms with Gasteiger partial charge in [0.15, 0.2) is 0 Å². The van der Waals surface area contributed by atoms with Gasteiger partial charge in [-0.05, 0) is 30.7 Å². The second-order valence-electron chi connectivity index (χ2n) is 3.86. The molecule has 0 spiro atoms. The monoisotopic (exact) mass is 335 g/mol. The third-order valence-corrected chi connectivity index (χ3v) is 4.52. The highest BCUT2D eigenvalue weighted by Gasteiger charge is 2.17. The third-order valence-electron chi connectivity index (χ3n) is 2.59. The molecule has 6 heteroatoms. The maximum absolute atomic E-state index is 6.24. The van der Waals surface area contributed by atoms with E-state index in [-0.39, 0.29) is 6.04 Å². The Morgan fingerprint density at radius 2 is 1.95 bits per heavy atom. The van der Waals surface area contributed by atoms with Crippen molar-refractivity contribution in [3.05, 3.63) is 49.1 Å². The lowest BCUT2D eigenvalue weighted by molar-refractivity contribution is 0.340. The quantitative estimate of drug-likeness (QED) is 0.837. The minimum absolute atomic E-state index is 0.349. The van der Waals surface area contributed by atoms with E-state index in [0.29, 0.717) is 26.7 Å². The number of hydrogen-bond acceptors (Lipinski definition) is 3. The van der Waals surface area contributed by atoms with E-state index in [1.54, 1.807) is 12.1 Å². The molecule has 0 saturated carbocycles. The average molecular weight is 337 g/mol. The van der Waals surface area contributed by atoms with Crippen LogP contribution in [0.4, 0.5) is 0 Å². The van der Waals surface area contributed by atoms with Crippen molar-refractivity contribution >= 4 is 46.1 Å². The molecule has 0 fully saturated rings. The summed E-state index contributed by atoms with van der Waals surface area (Å²) >= 11 is 19.7. The largest absolute Gasteiger partial charge is 0.492 e. The summed E-state index contributed by atoms with van der Waals surface area (Å²) in [5.74, 6) is 0.564. The Hall–Kier alpha value is -0.450. The second-order valence-corrected chi connectivity index (χ2v) is 6.42. The highest BCUT2D eigenvalue weighted by Crippen LogP contribution is 2.37. The SMILES string of the molecule is CCOc1cc(Cl)c(C(N)c2ccc(Cl)s2)cc1Cl. The van der Waals surface area contributed by atoms with Crippen LogP contribution in [0, 0.1) is 0 Å². The maximum atomic E-state index is 6.24. The zero-order valence-electron chi connectivity index (χ0n) is 10.1. The van der Waals surface area contributed by atoms with E-state index >= 15 is 0 Å². The summed E-state index contributed by atoms with van der Waals surface area (Å²) in [6.45, 7) is 2.42. The van der Waals surface area contributed by atoms with E-state index in [1.165, 1.54) is 11.3 Å². The molecule has 0 amide bonds. The minimum Gasteiger partial charge on any atom is -0.492 e. The van der Waals surface area contributed by atoms with Crippen LogP contribution in [0.25, 0.3) is 0 Å². The van der Waals surface area contributed by atoms with Gasteiger partial charge in [0, 0.05) is 16.0 Å². The first-order chi connectivity index (χ1) is 9.02. The topological polar surface area (TPSA) is 35.2 Å². The molecule has 2 N–H and O–H groups in total. The molecule has 2 nitrogen and oxygen atoms in total. The molecule has 0 bridgehead atoms. The van der Waals surface area contributed by atoms with Crippen LogP contribution >= 0.6 is 46.1 Å². The van der Waals surface area contributed by atoms with Crippen molar-refractivity contribution in [3.8, 4) is 5.75 Å². The van der Waals surface area contributed by atoms with Gasteiger partial charge < -0.3 is 10.5 Å². The molecule has 1 unspecified atom stereocenters. The molecule has 2 rings (SSSR count). The Kier molecular flexibility index (Phi) is 4.98. The number of thiophene rings is 1. The number of nitrogens with two attached hydrogens (primary N) is 1. The van der Waals surface area contributed by atoms with Gasteiger partial charge in [-0.2, -0.15) is 0 Å². The molecule has 0 aliphatic rings. The summed E-state index contributed by atoms with van der Waals surface area (Å²) in [7, 11) is 0. The van der Waals surface area contributed by atoms with Crippen LogP contribution in [0.3, 0.4) is 0 Å². The first kappa shape index (κ1) is 14.9. The van der Waals surface area contributed by atoms with Gasteiger partial charge in [0.25, 0.3) is 0 Å². The van der Waals surface area contributed by atoms with E-state index in [9.17, 15) is 0 Å². The summed E-state index contributed by atoms with van der Waals surface area (Å²) < 4.78 is 6.08. The summed E-state index contributed by atoms with van der Waals surface area (Å²) in [6.07, 6.45) is 0. The fourth-order valence-corrected chi connectivity index (χ4v) is 3.28. The highest BCUT2D eigenvalue weighted by atomic mass is 35.5. The van der Waals surface area contributed by atoms with Gasteiger partial charge >= 0.3 is 0 Å². The third kappa shape index (κ3) is 3.36. The molecule has 1 heterocycles. The van der Waals surface area contributed by atoms with Crippen molar-refractivity contribution < 1.29 is 4.74 Å². The van der Waals surface area contributed by atoms with Crippen LogP contribution in [0.5, 0.6) is 5.75 Å². The van der Waals surface area contributed by atoms with Crippen molar-refractivity contribution in [1.29, 1.82) is 0 Å². The minimum atomic E-state index is -0.349. The standard InChI is InChI=1S/C13H12Cl3NOS/c1-2-18-10-6-8(14)7(5-9(10)15)13(17)11-3-4-12(16)19-11/h3-6,13H,2,17H2,1H3. The van der Waals surface area contributed by atoms with Gasteiger partial charge in [-0.1, -0.05) is 34.8 Å². The van der Waals surface area contributed by atoms with Crippen LogP contribution in [0.15, 0.2) is 24.3 Å². The Balaban J connectivity index is 2.37. The Morgan fingerprint density at radius 1 is 1.21 bits per heavy atom. The first-order valence-corrected chi connectivity index (χ1v) is 7.60. The molecule has 2 aromatic rings. The molecular weight excluding hydrogens is 325 g/mol. The summed E-state index contributed by atoms with van der Waals surface area (Å²) in [5, 5.41) is 1.03. The van der Waals surface area contributed by atoms with E-state index in [1.807, 2.05) is 19.1 Å². The van der Waals surface area contributed by atoms with Crippen molar-refractivity contribution in [2.75, 3.05) is 6.61 Å². The summed E-state index contributed by atoms with van der Waals surface area (Å²) in [4.78, 5) is 0.937. The zero-order chi connectivity index (χ0) is 14.0. The lowest BCUT2D eigenvalue weighted by atomic mass is 10.1. The fraction of sp³-hybridized carbons (Fsp3) is 0.231. The molecule has 0 aliphatic carbocycles.